The number of halogens is 1. The second kappa shape index (κ2) is 13.6. The van der Waals surface area contributed by atoms with Crippen molar-refractivity contribution in [1.82, 2.24) is 20.9 Å². The van der Waals surface area contributed by atoms with E-state index < -0.39 is 5.41 Å². The Bertz CT molecular complexity index is 389. The predicted octanol–water partition coefficient (Wildman–Crippen LogP) is 2.44. The highest BCUT2D eigenvalue weighted by Gasteiger charge is 2.27. The van der Waals surface area contributed by atoms with Crippen LogP contribution in [0, 0.1) is 5.41 Å². The molecule has 6 nitrogen and oxygen atoms in total. The maximum Gasteiger partial charge on any atom is 0.227 e. The molecular formula is C18H40IN5O. The first-order valence-corrected chi connectivity index (χ1v) is 9.14. The lowest BCUT2D eigenvalue weighted by Gasteiger charge is -2.30. The van der Waals surface area contributed by atoms with Crippen molar-refractivity contribution in [3.63, 3.8) is 0 Å². The van der Waals surface area contributed by atoms with E-state index in [-0.39, 0.29) is 29.9 Å². The number of nitrogens with one attached hydrogen (secondary N) is 3. The minimum Gasteiger partial charge on any atom is -0.356 e. The molecule has 0 aliphatic carbocycles. The number of hydrogen-bond donors (Lipinski definition) is 3. The van der Waals surface area contributed by atoms with Crippen molar-refractivity contribution in [2.75, 3.05) is 33.2 Å². The van der Waals surface area contributed by atoms with Gasteiger partial charge in [0, 0.05) is 45.3 Å². The first-order chi connectivity index (χ1) is 11.2. The van der Waals surface area contributed by atoms with Gasteiger partial charge in [0.15, 0.2) is 5.96 Å². The van der Waals surface area contributed by atoms with Crippen molar-refractivity contribution in [2.24, 2.45) is 10.4 Å². The second-order valence-electron chi connectivity index (χ2n) is 7.37. The Hall–Kier alpha value is -0.570. The van der Waals surface area contributed by atoms with Crippen molar-refractivity contribution in [3.8, 4) is 0 Å². The fourth-order valence-electron chi connectivity index (χ4n) is 2.59. The highest BCUT2D eigenvalue weighted by atomic mass is 127. The topological polar surface area (TPSA) is 68.8 Å². The van der Waals surface area contributed by atoms with E-state index in [0.717, 1.165) is 25.5 Å². The van der Waals surface area contributed by atoms with Gasteiger partial charge in [0.1, 0.15) is 0 Å². The van der Waals surface area contributed by atoms with Gasteiger partial charge in [-0.2, -0.15) is 0 Å². The van der Waals surface area contributed by atoms with E-state index in [0.29, 0.717) is 25.2 Å². The van der Waals surface area contributed by atoms with Gasteiger partial charge in [-0.05, 0) is 54.9 Å². The second-order valence-corrected chi connectivity index (χ2v) is 7.37. The molecule has 0 aromatic rings. The third-order valence-corrected chi connectivity index (χ3v) is 4.09. The van der Waals surface area contributed by atoms with Gasteiger partial charge in [0.2, 0.25) is 5.91 Å². The molecule has 0 fully saturated rings. The minimum absolute atomic E-state index is 0. The van der Waals surface area contributed by atoms with Gasteiger partial charge in [0.05, 0.1) is 5.41 Å². The molecule has 7 heteroatoms. The molecular weight excluding hydrogens is 429 g/mol. The van der Waals surface area contributed by atoms with E-state index in [1.54, 1.807) is 7.05 Å². The lowest BCUT2D eigenvalue weighted by Crippen LogP contribution is -2.48. The van der Waals surface area contributed by atoms with Crippen LogP contribution in [0.2, 0.25) is 0 Å². The minimum atomic E-state index is -0.473. The van der Waals surface area contributed by atoms with Gasteiger partial charge >= 0.3 is 0 Å². The lowest BCUT2D eigenvalue weighted by molar-refractivity contribution is -0.128. The predicted molar refractivity (Wildman–Crippen MR) is 119 cm³/mol. The van der Waals surface area contributed by atoms with Gasteiger partial charge in [-0.25, -0.2) is 0 Å². The zero-order valence-corrected chi connectivity index (χ0v) is 19.7. The highest BCUT2D eigenvalue weighted by molar-refractivity contribution is 14.0. The van der Waals surface area contributed by atoms with Gasteiger partial charge in [0.25, 0.3) is 0 Å². The number of guanidine groups is 1. The van der Waals surface area contributed by atoms with Crippen LogP contribution in [0.25, 0.3) is 0 Å². The number of hydrogen-bond acceptors (Lipinski definition) is 3. The number of carbonyl (C=O) groups excluding carboxylic acids is 1. The molecule has 0 heterocycles. The number of aliphatic imine (C=N–C) groups is 1. The van der Waals surface area contributed by atoms with Crippen LogP contribution in [-0.4, -0.2) is 62.1 Å². The zero-order valence-electron chi connectivity index (χ0n) is 17.4. The van der Waals surface area contributed by atoms with Crippen molar-refractivity contribution in [2.45, 2.75) is 67.0 Å². The summed E-state index contributed by atoms with van der Waals surface area (Å²) < 4.78 is 0. The summed E-state index contributed by atoms with van der Waals surface area (Å²) in [6, 6.07) is 1.11. The molecule has 0 aromatic heterocycles. The van der Waals surface area contributed by atoms with Gasteiger partial charge in [-0.1, -0.05) is 0 Å². The largest absolute Gasteiger partial charge is 0.356 e. The Morgan fingerprint density at radius 1 is 1.08 bits per heavy atom. The summed E-state index contributed by atoms with van der Waals surface area (Å²) in [5, 5.41) is 9.44. The number of carbonyl (C=O) groups is 1. The molecule has 0 saturated heterocycles. The maximum atomic E-state index is 12.0. The normalized spacial score (nSPS) is 12.4. The smallest absolute Gasteiger partial charge is 0.227 e. The van der Waals surface area contributed by atoms with Crippen molar-refractivity contribution >= 4 is 35.8 Å². The van der Waals surface area contributed by atoms with E-state index in [1.165, 1.54) is 0 Å². The molecule has 1 amide bonds. The van der Waals surface area contributed by atoms with Crippen LogP contribution < -0.4 is 16.0 Å². The molecule has 0 radical (unpaired) electrons. The van der Waals surface area contributed by atoms with Crippen molar-refractivity contribution in [3.05, 3.63) is 0 Å². The molecule has 0 aromatic carbocycles. The Kier molecular flexibility index (Phi) is 14.5. The van der Waals surface area contributed by atoms with Gasteiger partial charge < -0.3 is 16.0 Å². The molecule has 0 aliphatic rings. The molecule has 0 rings (SSSR count). The fourth-order valence-corrected chi connectivity index (χ4v) is 2.59. The SMILES string of the molecule is CCNC(=O)C(C)(C)CNC(=NC)NCCCN(C(C)C)C(C)C.I. The van der Waals surface area contributed by atoms with Gasteiger partial charge in [-0.15, -0.1) is 24.0 Å². The quantitative estimate of drug-likeness (QED) is 0.199. The van der Waals surface area contributed by atoms with Crippen molar-refractivity contribution in [1.29, 1.82) is 0 Å². The van der Waals surface area contributed by atoms with E-state index >= 15 is 0 Å². The lowest BCUT2D eigenvalue weighted by atomic mass is 9.92. The van der Waals surface area contributed by atoms with Crippen molar-refractivity contribution < 1.29 is 4.79 Å². The van der Waals surface area contributed by atoms with Crippen LogP contribution in [0.1, 0.15) is 54.9 Å². The molecule has 0 bridgehead atoms. The first-order valence-electron chi connectivity index (χ1n) is 9.14. The Labute approximate surface area is 172 Å². The number of nitrogens with zero attached hydrogens (tertiary/aromatic N) is 2. The molecule has 25 heavy (non-hydrogen) atoms. The molecule has 0 spiro atoms. The molecule has 0 saturated carbocycles. The van der Waals surface area contributed by atoms with Crippen LogP contribution in [-0.2, 0) is 4.79 Å². The Morgan fingerprint density at radius 2 is 1.64 bits per heavy atom. The highest BCUT2D eigenvalue weighted by Crippen LogP contribution is 2.13. The summed E-state index contributed by atoms with van der Waals surface area (Å²) in [5.41, 5.74) is -0.473. The summed E-state index contributed by atoms with van der Waals surface area (Å²) in [4.78, 5) is 18.7. The average Bonchev–Trinajstić information content (AvgIpc) is 2.49. The van der Waals surface area contributed by atoms with Crippen LogP contribution in [0.5, 0.6) is 0 Å². The van der Waals surface area contributed by atoms with Gasteiger partial charge in [-0.3, -0.25) is 14.7 Å². The summed E-state index contributed by atoms with van der Waals surface area (Å²) in [6.45, 7) is 17.8. The monoisotopic (exact) mass is 469 g/mol. The van der Waals surface area contributed by atoms with Crippen LogP contribution in [0.15, 0.2) is 4.99 Å². The van der Waals surface area contributed by atoms with Crippen LogP contribution in [0.3, 0.4) is 0 Å². The third kappa shape index (κ3) is 10.9. The third-order valence-electron chi connectivity index (χ3n) is 4.09. The molecule has 0 atom stereocenters. The Balaban J connectivity index is 0. The number of rotatable bonds is 10. The average molecular weight is 469 g/mol. The zero-order chi connectivity index (χ0) is 18.8. The standard InChI is InChI=1S/C18H39N5O.HI/c1-9-20-16(24)18(6,7)13-22-17(19-8)21-11-10-12-23(14(2)3)15(4)5;/h14-15H,9-13H2,1-8H3,(H,20,24)(H2,19,21,22);1H. The van der Waals surface area contributed by atoms with E-state index in [1.807, 2.05) is 20.8 Å². The molecule has 150 valence electrons. The fraction of sp³-hybridized carbons (Fsp3) is 0.889. The maximum absolute atomic E-state index is 12.0. The van der Waals surface area contributed by atoms with Crippen LogP contribution >= 0.6 is 24.0 Å². The van der Waals surface area contributed by atoms with E-state index in [4.69, 9.17) is 0 Å². The number of amides is 1. The summed E-state index contributed by atoms with van der Waals surface area (Å²) in [5.74, 6) is 0.797. The summed E-state index contributed by atoms with van der Waals surface area (Å²) in [6.07, 6.45) is 1.05. The summed E-state index contributed by atoms with van der Waals surface area (Å²) in [7, 11) is 1.75. The first kappa shape index (κ1) is 26.7. The molecule has 3 N–H and O–H groups in total. The molecule has 0 aliphatic heterocycles. The molecule has 0 unspecified atom stereocenters. The van der Waals surface area contributed by atoms with Crippen LogP contribution in [0.4, 0.5) is 0 Å². The summed E-state index contributed by atoms with van der Waals surface area (Å²) >= 11 is 0. The van der Waals surface area contributed by atoms with E-state index in [9.17, 15) is 4.79 Å². The van der Waals surface area contributed by atoms with E-state index in [2.05, 4.69) is 53.5 Å². The Morgan fingerprint density at radius 3 is 2.08 bits per heavy atom.